The molecule has 1 heterocycles. The van der Waals surface area contributed by atoms with Crippen LogP contribution in [0.1, 0.15) is 17.4 Å². The van der Waals surface area contributed by atoms with Crippen molar-refractivity contribution in [2.75, 3.05) is 6.61 Å². The average Bonchev–Trinajstić information content (AvgIpc) is 2.15. The molecule has 1 rings (SSSR count). The van der Waals surface area contributed by atoms with Crippen LogP contribution in [0.5, 0.6) is 5.75 Å². The molecule has 0 saturated carbocycles. The third-order valence-electron chi connectivity index (χ3n) is 1.46. The van der Waals surface area contributed by atoms with Crippen LogP contribution in [0.2, 0.25) is 0 Å². The molecule has 1 aromatic rings. The summed E-state index contributed by atoms with van der Waals surface area (Å²) in [5.41, 5.74) is 0.327. The lowest BCUT2D eigenvalue weighted by molar-refractivity contribution is -0.139. The van der Waals surface area contributed by atoms with Gasteiger partial charge in [0.15, 0.2) is 12.4 Å². The van der Waals surface area contributed by atoms with Crippen molar-refractivity contribution in [2.24, 2.45) is 0 Å². The van der Waals surface area contributed by atoms with E-state index in [1.807, 2.05) is 0 Å². The Morgan fingerprint density at radius 2 is 2.21 bits per heavy atom. The van der Waals surface area contributed by atoms with Crippen LogP contribution in [0.25, 0.3) is 0 Å². The summed E-state index contributed by atoms with van der Waals surface area (Å²) in [5, 5.41) is 8.32. The van der Waals surface area contributed by atoms with Crippen molar-refractivity contribution in [2.45, 2.75) is 6.92 Å². The Bertz CT molecular complexity index is 344. The van der Waals surface area contributed by atoms with Crippen LogP contribution in [-0.4, -0.2) is 28.4 Å². The third kappa shape index (κ3) is 2.85. The molecule has 0 bridgehead atoms. The number of carbonyl (C=O) groups excluding carboxylic acids is 1. The van der Waals surface area contributed by atoms with E-state index in [9.17, 15) is 9.59 Å². The van der Waals surface area contributed by atoms with Crippen molar-refractivity contribution in [1.29, 1.82) is 0 Å². The van der Waals surface area contributed by atoms with Crippen LogP contribution in [-0.2, 0) is 4.79 Å². The summed E-state index contributed by atoms with van der Waals surface area (Å²) in [7, 11) is 0. The number of hydrogen-bond donors (Lipinski definition) is 1. The van der Waals surface area contributed by atoms with E-state index in [2.05, 4.69) is 4.98 Å². The van der Waals surface area contributed by atoms with Gasteiger partial charge in [-0.05, 0) is 12.1 Å². The molecule has 0 spiro atoms. The number of carboxylic acid groups (broad SMARTS) is 1. The zero-order valence-electron chi connectivity index (χ0n) is 7.56. The predicted octanol–water partition coefficient (Wildman–Crippen LogP) is 0.748. The zero-order chi connectivity index (χ0) is 10.6. The van der Waals surface area contributed by atoms with Gasteiger partial charge in [0.2, 0.25) is 0 Å². The number of hydrogen-bond acceptors (Lipinski definition) is 4. The van der Waals surface area contributed by atoms with E-state index in [-0.39, 0.29) is 5.78 Å². The molecule has 0 aliphatic heterocycles. The predicted molar refractivity (Wildman–Crippen MR) is 47.4 cm³/mol. The Labute approximate surface area is 80.3 Å². The maximum Gasteiger partial charge on any atom is 0.341 e. The average molecular weight is 195 g/mol. The molecule has 1 N–H and O–H groups in total. The highest BCUT2D eigenvalue weighted by Crippen LogP contribution is 2.08. The van der Waals surface area contributed by atoms with Crippen LogP contribution >= 0.6 is 0 Å². The van der Waals surface area contributed by atoms with Gasteiger partial charge in [-0.25, -0.2) is 9.78 Å². The minimum Gasteiger partial charge on any atom is -0.480 e. The van der Waals surface area contributed by atoms with E-state index in [4.69, 9.17) is 9.84 Å². The molecule has 1 aromatic heterocycles. The van der Waals surface area contributed by atoms with E-state index in [1.165, 1.54) is 25.3 Å². The second-order valence-electron chi connectivity index (χ2n) is 2.62. The highest BCUT2D eigenvalue weighted by molar-refractivity contribution is 5.92. The molecule has 0 saturated heterocycles. The molecule has 0 atom stereocenters. The summed E-state index contributed by atoms with van der Waals surface area (Å²) < 4.78 is 4.83. The minimum absolute atomic E-state index is 0.144. The van der Waals surface area contributed by atoms with Gasteiger partial charge in [-0.2, -0.15) is 0 Å². The van der Waals surface area contributed by atoms with Crippen LogP contribution in [0.15, 0.2) is 18.3 Å². The number of aliphatic carboxylic acids is 1. The monoisotopic (exact) mass is 195 g/mol. The van der Waals surface area contributed by atoms with Crippen LogP contribution in [0.4, 0.5) is 0 Å². The summed E-state index contributed by atoms with van der Waals surface area (Å²) in [4.78, 5) is 24.8. The van der Waals surface area contributed by atoms with Crippen molar-refractivity contribution >= 4 is 11.8 Å². The molecule has 74 valence electrons. The van der Waals surface area contributed by atoms with E-state index in [0.29, 0.717) is 11.4 Å². The van der Waals surface area contributed by atoms with Gasteiger partial charge in [-0.1, -0.05) is 0 Å². The first-order valence-corrected chi connectivity index (χ1v) is 3.91. The summed E-state index contributed by atoms with van der Waals surface area (Å²) in [6, 6.07) is 2.99. The van der Waals surface area contributed by atoms with Gasteiger partial charge in [0.1, 0.15) is 11.4 Å². The molecule has 14 heavy (non-hydrogen) atoms. The van der Waals surface area contributed by atoms with Gasteiger partial charge in [-0.15, -0.1) is 0 Å². The second kappa shape index (κ2) is 4.36. The number of rotatable bonds is 4. The van der Waals surface area contributed by atoms with Crippen molar-refractivity contribution in [3.63, 3.8) is 0 Å². The Hall–Kier alpha value is -1.91. The summed E-state index contributed by atoms with van der Waals surface area (Å²) in [6.07, 6.45) is 1.32. The molecule has 5 nitrogen and oxygen atoms in total. The van der Waals surface area contributed by atoms with E-state index in [0.717, 1.165) is 0 Å². The van der Waals surface area contributed by atoms with Gasteiger partial charge in [0, 0.05) is 6.92 Å². The number of pyridine rings is 1. The number of Topliss-reactive ketones (excluding diaryl/α,β-unsaturated/α-hetero) is 1. The van der Waals surface area contributed by atoms with Crippen molar-refractivity contribution in [3.8, 4) is 5.75 Å². The topological polar surface area (TPSA) is 76.5 Å². The normalized spacial score (nSPS) is 9.50. The Balaban J connectivity index is 2.64. The SMILES string of the molecule is CC(=O)c1ccc(OCC(=O)O)cn1. The van der Waals surface area contributed by atoms with Gasteiger partial charge in [0.25, 0.3) is 0 Å². The standard InChI is InChI=1S/C9H9NO4/c1-6(11)8-3-2-7(4-10-8)14-5-9(12)13/h2-4H,5H2,1H3,(H,12,13). The third-order valence-corrected chi connectivity index (χ3v) is 1.46. The largest absolute Gasteiger partial charge is 0.480 e. The molecular formula is C9H9NO4. The molecule has 0 aromatic carbocycles. The number of aromatic nitrogens is 1. The number of carbonyl (C=O) groups is 2. The van der Waals surface area contributed by atoms with Gasteiger partial charge in [-0.3, -0.25) is 4.79 Å². The quantitative estimate of drug-likeness (QED) is 0.717. The van der Waals surface area contributed by atoms with E-state index >= 15 is 0 Å². The van der Waals surface area contributed by atoms with Gasteiger partial charge in [0.05, 0.1) is 6.20 Å². The molecular weight excluding hydrogens is 186 g/mol. The summed E-state index contributed by atoms with van der Waals surface area (Å²) in [5.74, 6) is -0.868. The second-order valence-corrected chi connectivity index (χ2v) is 2.62. The lowest BCUT2D eigenvalue weighted by Gasteiger charge is -2.02. The molecule has 0 radical (unpaired) electrons. The molecule has 0 aliphatic carbocycles. The fraction of sp³-hybridized carbons (Fsp3) is 0.222. The first-order chi connectivity index (χ1) is 6.59. The highest BCUT2D eigenvalue weighted by atomic mass is 16.5. The minimum atomic E-state index is -1.05. The van der Waals surface area contributed by atoms with Gasteiger partial charge < -0.3 is 9.84 Å². The molecule has 0 fully saturated rings. The van der Waals surface area contributed by atoms with E-state index in [1.54, 1.807) is 0 Å². The molecule has 0 amide bonds. The number of carboxylic acids is 1. The lowest BCUT2D eigenvalue weighted by atomic mass is 10.3. The first-order valence-electron chi connectivity index (χ1n) is 3.91. The molecule has 0 unspecified atom stereocenters. The fourth-order valence-electron chi connectivity index (χ4n) is 0.819. The van der Waals surface area contributed by atoms with Gasteiger partial charge >= 0.3 is 5.97 Å². The Morgan fingerprint density at radius 3 is 2.64 bits per heavy atom. The van der Waals surface area contributed by atoms with E-state index < -0.39 is 12.6 Å². The van der Waals surface area contributed by atoms with Crippen LogP contribution in [0, 0.1) is 0 Å². The summed E-state index contributed by atoms with van der Waals surface area (Å²) >= 11 is 0. The first kappa shape index (κ1) is 10.2. The Morgan fingerprint density at radius 1 is 1.50 bits per heavy atom. The fourth-order valence-corrected chi connectivity index (χ4v) is 0.819. The van der Waals surface area contributed by atoms with Crippen LogP contribution < -0.4 is 4.74 Å². The number of ether oxygens (including phenoxy) is 1. The maximum absolute atomic E-state index is 10.8. The van der Waals surface area contributed by atoms with Crippen molar-refractivity contribution < 1.29 is 19.4 Å². The van der Waals surface area contributed by atoms with Crippen LogP contribution in [0.3, 0.4) is 0 Å². The number of nitrogens with zero attached hydrogens (tertiary/aromatic N) is 1. The lowest BCUT2D eigenvalue weighted by Crippen LogP contribution is -2.09. The molecule has 5 heteroatoms. The van der Waals surface area contributed by atoms with Crippen molar-refractivity contribution in [3.05, 3.63) is 24.0 Å². The number of ketones is 1. The Kier molecular flexibility index (Phi) is 3.17. The summed E-state index contributed by atoms with van der Waals surface area (Å²) in [6.45, 7) is 0.987. The van der Waals surface area contributed by atoms with Crippen molar-refractivity contribution in [1.82, 2.24) is 4.98 Å². The maximum atomic E-state index is 10.8. The molecule has 0 aliphatic rings. The smallest absolute Gasteiger partial charge is 0.341 e. The highest BCUT2D eigenvalue weighted by Gasteiger charge is 2.02. The zero-order valence-corrected chi connectivity index (χ0v) is 7.56.